The van der Waals surface area contributed by atoms with Crippen LogP contribution in [-0.2, 0) is 0 Å². The monoisotopic (exact) mass is 222 g/mol. The van der Waals surface area contributed by atoms with Crippen LogP contribution in [0.4, 0.5) is 0 Å². The van der Waals surface area contributed by atoms with Crippen molar-refractivity contribution < 1.29 is 5.11 Å². The first-order valence-corrected chi connectivity index (χ1v) is 6.73. The van der Waals surface area contributed by atoms with E-state index >= 15 is 0 Å². The average molecular weight is 222 g/mol. The molecule has 0 heterocycles. The third kappa shape index (κ3) is 1.95. The van der Waals surface area contributed by atoms with Crippen molar-refractivity contribution in [2.75, 3.05) is 0 Å². The molecule has 92 valence electrons. The average Bonchev–Trinajstić information content (AvgIpc) is 2.15. The molecule has 0 aliphatic heterocycles. The maximum Gasteiger partial charge on any atom is 0.0656 e. The summed E-state index contributed by atoms with van der Waals surface area (Å²) >= 11 is 0. The SMILES string of the molecule is CC(C)=C1CC[C@@]2(C)CCC[C@@](C)(O)[C@@H]2C1. The summed E-state index contributed by atoms with van der Waals surface area (Å²) in [5, 5.41) is 10.6. The lowest BCUT2D eigenvalue weighted by Crippen LogP contribution is -2.50. The van der Waals surface area contributed by atoms with Gasteiger partial charge in [0, 0.05) is 0 Å². The first-order valence-electron chi connectivity index (χ1n) is 6.73. The molecule has 1 nitrogen and oxygen atoms in total. The quantitative estimate of drug-likeness (QED) is 0.613. The molecule has 2 fully saturated rings. The minimum Gasteiger partial charge on any atom is -0.390 e. The Labute approximate surface area is 99.9 Å². The molecule has 1 heteroatoms. The molecule has 0 aromatic heterocycles. The van der Waals surface area contributed by atoms with Crippen molar-refractivity contribution >= 4 is 0 Å². The van der Waals surface area contributed by atoms with Crippen molar-refractivity contribution in [2.24, 2.45) is 11.3 Å². The highest BCUT2D eigenvalue weighted by atomic mass is 16.3. The maximum absolute atomic E-state index is 10.6. The highest BCUT2D eigenvalue weighted by Crippen LogP contribution is 2.55. The van der Waals surface area contributed by atoms with Crippen molar-refractivity contribution in [3.05, 3.63) is 11.1 Å². The van der Waals surface area contributed by atoms with Crippen LogP contribution in [0.25, 0.3) is 0 Å². The van der Waals surface area contributed by atoms with E-state index in [0.29, 0.717) is 11.3 Å². The first-order chi connectivity index (χ1) is 7.35. The van der Waals surface area contributed by atoms with E-state index in [1.54, 1.807) is 5.57 Å². The lowest BCUT2D eigenvalue weighted by molar-refractivity contribution is -0.105. The van der Waals surface area contributed by atoms with E-state index in [1.807, 2.05) is 0 Å². The van der Waals surface area contributed by atoms with E-state index in [1.165, 1.54) is 31.3 Å². The molecule has 16 heavy (non-hydrogen) atoms. The molecule has 0 bridgehead atoms. The van der Waals surface area contributed by atoms with Crippen molar-refractivity contribution in [3.63, 3.8) is 0 Å². The zero-order valence-corrected chi connectivity index (χ0v) is 11.3. The summed E-state index contributed by atoms with van der Waals surface area (Å²) in [4.78, 5) is 0. The van der Waals surface area contributed by atoms with E-state index in [2.05, 4.69) is 27.7 Å². The Bertz CT molecular complexity index is 309. The fraction of sp³-hybridized carbons (Fsp3) is 0.867. The summed E-state index contributed by atoms with van der Waals surface area (Å²) in [6, 6.07) is 0. The molecule has 2 aliphatic rings. The number of rotatable bonds is 0. The molecule has 0 unspecified atom stereocenters. The Morgan fingerprint density at radius 2 is 1.88 bits per heavy atom. The Morgan fingerprint density at radius 1 is 1.19 bits per heavy atom. The van der Waals surface area contributed by atoms with Crippen LogP contribution in [0.3, 0.4) is 0 Å². The van der Waals surface area contributed by atoms with Crippen LogP contribution >= 0.6 is 0 Å². The standard InChI is InChI=1S/C15H26O/c1-11(2)12-6-9-14(3)7-5-8-15(4,16)13(14)10-12/h13,16H,5-10H2,1-4H3/t13-,14-,15-/m1/s1. The fourth-order valence-electron chi connectivity index (χ4n) is 3.95. The molecule has 0 aromatic carbocycles. The van der Waals surface area contributed by atoms with Gasteiger partial charge in [-0.05, 0) is 64.2 Å². The molecular formula is C15H26O. The molecule has 2 rings (SSSR count). The highest BCUT2D eigenvalue weighted by Gasteiger charge is 2.49. The molecular weight excluding hydrogens is 196 g/mol. The summed E-state index contributed by atoms with van der Waals surface area (Å²) in [6.07, 6.45) is 7.16. The number of allylic oxidation sites excluding steroid dienone is 2. The van der Waals surface area contributed by atoms with Gasteiger partial charge in [0.1, 0.15) is 0 Å². The van der Waals surface area contributed by atoms with Crippen LogP contribution < -0.4 is 0 Å². The van der Waals surface area contributed by atoms with Crippen LogP contribution in [0.15, 0.2) is 11.1 Å². The second kappa shape index (κ2) is 3.87. The highest BCUT2D eigenvalue weighted by molar-refractivity contribution is 5.18. The van der Waals surface area contributed by atoms with E-state index in [0.717, 1.165) is 12.8 Å². The van der Waals surface area contributed by atoms with Crippen LogP contribution in [0.5, 0.6) is 0 Å². The number of fused-ring (bicyclic) bond motifs is 1. The Morgan fingerprint density at radius 3 is 2.50 bits per heavy atom. The van der Waals surface area contributed by atoms with Crippen molar-refractivity contribution in [1.82, 2.24) is 0 Å². The largest absolute Gasteiger partial charge is 0.390 e. The minimum absolute atomic E-state index is 0.390. The molecule has 0 amide bonds. The Kier molecular flexibility index (Phi) is 2.94. The van der Waals surface area contributed by atoms with E-state index in [-0.39, 0.29) is 0 Å². The number of aliphatic hydroxyl groups is 1. The second-order valence-electron chi connectivity index (χ2n) is 6.73. The van der Waals surface area contributed by atoms with Gasteiger partial charge >= 0.3 is 0 Å². The van der Waals surface area contributed by atoms with Gasteiger partial charge in [-0.15, -0.1) is 0 Å². The maximum atomic E-state index is 10.6. The molecule has 0 spiro atoms. The lowest BCUT2D eigenvalue weighted by atomic mass is 9.54. The zero-order chi connectivity index (χ0) is 12.0. The van der Waals surface area contributed by atoms with Crippen LogP contribution in [0.2, 0.25) is 0 Å². The summed E-state index contributed by atoms with van der Waals surface area (Å²) in [7, 11) is 0. The van der Waals surface area contributed by atoms with Gasteiger partial charge in [-0.1, -0.05) is 24.5 Å². The van der Waals surface area contributed by atoms with Crippen molar-refractivity contribution in [3.8, 4) is 0 Å². The van der Waals surface area contributed by atoms with Crippen molar-refractivity contribution in [1.29, 1.82) is 0 Å². The molecule has 2 aliphatic carbocycles. The van der Waals surface area contributed by atoms with Gasteiger partial charge < -0.3 is 5.11 Å². The smallest absolute Gasteiger partial charge is 0.0656 e. The Balaban J connectivity index is 2.28. The van der Waals surface area contributed by atoms with Gasteiger partial charge in [0.25, 0.3) is 0 Å². The topological polar surface area (TPSA) is 20.2 Å². The molecule has 3 atom stereocenters. The summed E-state index contributed by atoms with van der Waals surface area (Å²) < 4.78 is 0. The summed E-state index contributed by atoms with van der Waals surface area (Å²) in [5.74, 6) is 0.479. The molecule has 0 aromatic rings. The van der Waals surface area contributed by atoms with Gasteiger partial charge in [0.05, 0.1) is 5.60 Å². The number of hydrogen-bond donors (Lipinski definition) is 1. The van der Waals surface area contributed by atoms with E-state index in [4.69, 9.17) is 0 Å². The molecule has 1 N–H and O–H groups in total. The molecule has 0 radical (unpaired) electrons. The third-order valence-corrected chi connectivity index (χ3v) is 5.18. The normalized spacial score (nSPS) is 44.1. The van der Waals surface area contributed by atoms with Gasteiger partial charge in [-0.3, -0.25) is 0 Å². The van der Waals surface area contributed by atoms with Gasteiger partial charge in [-0.2, -0.15) is 0 Å². The van der Waals surface area contributed by atoms with E-state index in [9.17, 15) is 5.11 Å². The van der Waals surface area contributed by atoms with Crippen LogP contribution in [0, 0.1) is 11.3 Å². The predicted octanol–water partition coefficient (Wildman–Crippen LogP) is 4.06. The molecule has 2 saturated carbocycles. The van der Waals surface area contributed by atoms with Gasteiger partial charge in [0.2, 0.25) is 0 Å². The Hall–Kier alpha value is -0.300. The minimum atomic E-state index is -0.436. The third-order valence-electron chi connectivity index (χ3n) is 5.18. The summed E-state index contributed by atoms with van der Waals surface area (Å²) in [6.45, 7) is 8.89. The summed E-state index contributed by atoms with van der Waals surface area (Å²) in [5.41, 5.74) is 3.03. The number of hydrogen-bond acceptors (Lipinski definition) is 1. The van der Waals surface area contributed by atoms with Crippen molar-refractivity contribution in [2.45, 2.75) is 71.8 Å². The zero-order valence-electron chi connectivity index (χ0n) is 11.3. The second-order valence-corrected chi connectivity index (χ2v) is 6.73. The first kappa shape index (κ1) is 12.2. The lowest BCUT2D eigenvalue weighted by Gasteiger charge is -2.53. The van der Waals surface area contributed by atoms with Gasteiger partial charge in [0.15, 0.2) is 0 Å². The fourth-order valence-corrected chi connectivity index (χ4v) is 3.95. The van der Waals surface area contributed by atoms with E-state index < -0.39 is 5.60 Å². The molecule has 0 saturated heterocycles. The van der Waals surface area contributed by atoms with Gasteiger partial charge in [-0.25, -0.2) is 0 Å². The predicted molar refractivity (Wildman–Crippen MR) is 68.3 cm³/mol. The van der Waals surface area contributed by atoms with Crippen LogP contribution in [0.1, 0.15) is 66.2 Å². The van der Waals surface area contributed by atoms with Crippen LogP contribution in [-0.4, -0.2) is 10.7 Å².